The van der Waals surface area contributed by atoms with Crippen LogP contribution in [0.15, 0.2) is 18.3 Å². The van der Waals surface area contributed by atoms with E-state index in [1.807, 2.05) is 0 Å². The van der Waals surface area contributed by atoms with Gasteiger partial charge in [-0.1, -0.05) is 11.6 Å². The van der Waals surface area contributed by atoms with E-state index in [0.29, 0.717) is 10.9 Å². The minimum atomic E-state index is -1.11. The maximum absolute atomic E-state index is 10.3. The zero-order valence-corrected chi connectivity index (χ0v) is 7.94. The van der Waals surface area contributed by atoms with Crippen molar-refractivity contribution in [3.63, 3.8) is 0 Å². The summed E-state index contributed by atoms with van der Waals surface area (Å²) in [5.74, 6) is -0.815. The molecule has 0 bridgehead atoms. The summed E-state index contributed by atoms with van der Waals surface area (Å²) in [6, 6.07) is 2.08. The molecule has 0 aliphatic carbocycles. The highest BCUT2D eigenvalue weighted by atomic mass is 35.5. The SMILES string of the molecule is NC(COc1ccc(Cl)cn1)C(=O)O. The fraction of sp³-hybridized carbons (Fsp3) is 0.250. The molecule has 0 aliphatic rings. The summed E-state index contributed by atoms with van der Waals surface area (Å²) in [6.45, 7) is -0.121. The Morgan fingerprint density at radius 2 is 2.43 bits per heavy atom. The fourth-order valence-electron chi connectivity index (χ4n) is 0.694. The monoisotopic (exact) mass is 216 g/mol. The highest BCUT2D eigenvalue weighted by Gasteiger charge is 2.11. The topological polar surface area (TPSA) is 85.4 Å². The fourth-order valence-corrected chi connectivity index (χ4v) is 0.806. The molecular weight excluding hydrogens is 208 g/mol. The lowest BCUT2D eigenvalue weighted by Crippen LogP contribution is -2.36. The van der Waals surface area contributed by atoms with Crippen LogP contribution in [0, 0.1) is 0 Å². The number of rotatable bonds is 4. The molecular formula is C8H9ClN2O3. The summed E-state index contributed by atoms with van der Waals surface area (Å²) < 4.78 is 5.01. The van der Waals surface area contributed by atoms with Gasteiger partial charge in [-0.3, -0.25) is 4.79 Å². The van der Waals surface area contributed by atoms with E-state index in [2.05, 4.69) is 4.98 Å². The van der Waals surface area contributed by atoms with Gasteiger partial charge in [0, 0.05) is 12.3 Å². The molecule has 0 aliphatic heterocycles. The third-order valence-electron chi connectivity index (χ3n) is 1.43. The summed E-state index contributed by atoms with van der Waals surface area (Å²) in [4.78, 5) is 14.1. The molecule has 1 heterocycles. The number of hydrogen-bond donors (Lipinski definition) is 2. The zero-order valence-electron chi connectivity index (χ0n) is 7.18. The van der Waals surface area contributed by atoms with Gasteiger partial charge < -0.3 is 15.6 Å². The van der Waals surface area contributed by atoms with Crippen LogP contribution in [0.4, 0.5) is 0 Å². The van der Waals surface area contributed by atoms with Crippen LogP contribution in [0.3, 0.4) is 0 Å². The van der Waals surface area contributed by atoms with Crippen molar-refractivity contribution in [2.75, 3.05) is 6.61 Å². The summed E-state index contributed by atoms with van der Waals surface area (Å²) in [6.07, 6.45) is 1.41. The molecule has 0 radical (unpaired) electrons. The van der Waals surface area contributed by atoms with Crippen molar-refractivity contribution in [1.29, 1.82) is 0 Å². The lowest BCUT2D eigenvalue weighted by molar-refractivity contribution is -0.139. The quantitative estimate of drug-likeness (QED) is 0.767. The van der Waals surface area contributed by atoms with Crippen molar-refractivity contribution in [3.05, 3.63) is 23.4 Å². The second kappa shape index (κ2) is 4.78. The first-order valence-electron chi connectivity index (χ1n) is 3.82. The van der Waals surface area contributed by atoms with Crippen LogP contribution >= 0.6 is 11.6 Å². The summed E-state index contributed by atoms with van der Waals surface area (Å²) in [7, 11) is 0. The molecule has 3 N–H and O–H groups in total. The molecule has 1 unspecified atom stereocenters. The number of carboxylic acid groups (broad SMARTS) is 1. The Balaban J connectivity index is 2.46. The molecule has 0 saturated heterocycles. The summed E-state index contributed by atoms with van der Waals surface area (Å²) in [5.41, 5.74) is 5.22. The van der Waals surface area contributed by atoms with Gasteiger partial charge in [0.25, 0.3) is 0 Å². The molecule has 0 aromatic carbocycles. The number of nitrogens with two attached hydrogens (primary N) is 1. The van der Waals surface area contributed by atoms with Gasteiger partial charge in [0.1, 0.15) is 12.6 Å². The largest absolute Gasteiger partial charge is 0.480 e. The predicted octanol–water partition coefficient (Wildman–Crippen LogP) is 0.526. The molecule has 76 valence electrons. The summed E-state index contributed by atoms with van der Waals surface area (Å²) in [5, 5.41) is 8.94. The van der Waals surface area contributed by atoms with Crippen molar-refractivity contribution in [2.45, 2.75) is 6.04 Å². The minimum absolute atomic E-state index is 0.121. The highest BCUT2D eigenvalue weighted by Crippen LogP contribution is 2.11. The maximum atomic E-state index is 10.3. The van der Waals surface area contributed by atoms with Gasteiger partial charge in [0.05, 0.1) is 5.02 Å². The van der Waals surface area contributed by atoms with Gasteiger partial charge >= 0.3 is 5.97 Å². The Morgan fingerprint density at radius 3 is 2.93 bits per heavy atom. The molecule has 1 atom stereocenters. The molecule has 0 amide bonds. The molecule has 1 aromatic heterocycles. The normalized spacial score (nSPS) is 12.1. The smallest absolute Gasteiger partial charge is 0.324 e. The van der Waals surface area contributed by atoms with Crippen LogP contribution in [0.5, 0.6) is 5.88 Å². The third kappa shape index (κ3) is 3.20. The average Bonchev–Trinajstić information content (AvgIpc) is 2.16. The van der Waals surface area contributed by atoms with E-state index >= 15 is 0 Å². The van der Waals surface area contributed by atoms with E-state index in [0.717, 1.165) is 0 Å². The van der Waals surface area contributed by atoms with Crippen molar-refractivity contribution >= 4 is 17.6 Å². The minimum Gasteiger partial charge on any atom is -0.480 e. The Hall–Kier alpha value is -1.33. The van der Waals surface area contributed by atoms with Crippen LogP contribution in [-0.2, 0) is 4.79 Å². The van der Waals surface area contributed by atoms with Gasteiger partial charge in [-0.25, -0.2) is 4.98 Å². The Bertz CT molecular complexity index is 315. The van der Waals surface area contributed by atoms with Crippen LogP contribution < -0.4 is 10.5 Å². The number of ether oxygens (including phenoxy) is 1. The van der Waals surface area contributed by atoms with E-state index in [9.17, 15) is 4.79 Å². The van der Waals surface area contributed by atoms with Gasteiger partial charge in [-0.2, -0.15) is 0 Å². The molecule has 0 spiro atoms. The average molecular weight is 217 g/mol. The van der Waals surface area contributed by atoms with Crippen LogP contribution in [-0.4, -0.2) is 28.7 Å². The molecule has 1 aromatic rings. The second-order valence-electron chi connectivity index (χ2n) is 2.57. The van der Waals surface area contributed by atoms with Gasteiger partial charge in [0.2, 0.25) is 5.88 Å². The number of carbonyl (C=O) groups is 1. The number of aliphatic carboxylic acids is 1. The number of carboxylic acids is 1. The Labute approximate surface area is 85.5 Å². The molecule has 6 heteroatoms. The van der Waals surface area contributed by atoms with Crippen LogP contribution in [0.1, 0.15) is 0 Å². The number of nitrogens with zero attached hydrogens (tertiary/aromatic N) is 1. The van der Waals surface area contributed by atoms with E-state index in [4.69, 9.17) is 27.2 Å². The third-order valence-corrected chi connectivity index (χ3v) is 1.65. The second-order valence-corrected chi connectivity index (χ2v) is 3.01. The van der Waals surface area contributed by atoms with Crippen LogP contribution in [0.2, 0.25) is 5.02 Å². The summed E-state index contributed by atoms with van der Waals surface area (Å²) >= 11 is 5.59. The van der Waals surface area contributed by atoms with Gasteiger partial charge in [0.15, 0.2) is 0 Å². The van der Waals surface area contributed by atoms with Gasteiger partial charge in [-0.15, -0.1) is 0 Å². The first-order chi connectivity index (χ1) is 6.59. The van der Waals surface area contributed by atoms with Gasteiger partial charge in [-0.05, 0) is 6.07 Å². The van der Waals surface area contributed by atoms with E-state index in [-0.39, 0.29) is 6.61 Å². The maximum Gasteiger partial charge on any atom is 0.324 e. The molecule has 5 nitrogen and oxygen atoms in total. The lowest BCUT2D eigenvalue weighted by Gasteiger charge is -2.07. The standard InChI is InChI=1S/C8H9ClN2O3/c9-5-1-2-7(11-3-5)14-4-6(10)8(12)13/h1-3,6H,4,10H2,(H,12,13). The molecule has 14 heavy (non-hydrogen) atoms. The Morgan fingerprint density at radius 1 is 1.71 bits per heavy atom. The Kier molecular flexibility index (Phi) is 3.67. The lowest BCUT2D eigenvalue weighted by atomic mass is 10.3. The van der Waals surface area contributed by atoms with E-state index in [1.165, 1.54) is 12.3 Å². The predicted molar refractivity (Wildman–Crippen MR) is 50.4 cm³/mol. The molecule has 0 fully saturated rings. The zero-order chi connectivity index (χ0) is 10.6. The van der Waals surface area contributed by atoms with E-state index < -0.39 is 12.0 Å². The van der Waals surface area contributed by atoms with Crippen molar-refractivity contribution in [1.82, 2.24) is 4.98 Å². The first kappa shape index (κ1) is 10.7. The van der Waals surface area contributed by atoms with Crippen molar-refractivity contribution in [3.8, 4) is 5.88 Å². The van der Waals surface area contributed by atoms with E-state index in [1.54, 1.807) is 6.07 Å². The number of pyridine rings is 1. The number of aromatic nitrogens is 1. The van der Waals surface area contributed by atoms with Crippen molar-refractivity contribution in [2.24, 2.45) is 5.73 Å². The van der Waals surface area contributed by atoms with Crippen LogP contribution in [0.25, 0.3) is 0 Å². The van der Waals surface area contributed by atoms with Crippen molar-refractivity contribution < 1.29 is 14.6 Å². The molecule has 1 rings (SSSR count). The number of halogens is 1. The molecule has 0 saturated carbocycles. The highest BCUT2D eigenvalue weighted by molar-refractivity contribution is 6.30. The first-order valence-corrected chi connectivity index (χ1v) is 4.20. The number of hydrogen-bond acceptors (Lipinski definition) is 4.